The van der Waals surface area contributed by atoms with E-state index in [0.29, 0.717) is 11.7 Å². The first-order valence-corrected chi connectivity index (χ1v) is 8.17. The van der Waals surface area contributed by atoms with Crippen LogP contribution in [0.15, 0.2) is 66.5 Å². The van der Waals surface area contributed by atoms with Crippen LogP contribution in [0.3, 0.4) is 0 Å². The van der Waals surface area contributed by atoms with Gasteiger partial charge in [0, 0.05) is 5.92 Å². The molecule has 0 heterocycles. The van der Waals surface area contributed by atoms with Gasteiger partial charge in [-0.05, 0) is 36.8 Å². The molecule has 122 valence electrons. The Morgan fingerprint density at radius 1 is 1.35 bits per heavy atom. The minimum absolute atomic E-state index is 0.226. The second-order valence-corrected chi connectivity index (χ2v) is 6.91. The Kier molecular flexibility index (Phi) is 5.59. The molecule has 0 saturated heterocycles. The lowest BCUT2D eigenvalue weighted by molar-refractivity contribution is -0.138. The average molecular weight is 310 g/mol. The van der Waals surface area contributed by atoms with Crippen LogP contribution in [0, 0.1) is 11.3 Å². The molecule has 1 aromatic carbocycles. The van der Waals surface area contributed by atoms with Gasteiger partial charge in [0.2, 0.25) is 0 Å². The lowest BCUT2D eigenvalue weighted by Crippen LogP contribution is -2.26. The molecule has 1 atom stereocenters. The van der Waals surface area contributed by atoms with Crippen LogP contribution < -0.4 is 0 Å². The number of benzene rings is 1. The molecule has 1 aliphatic rings. The molecule has 0 N–H and O–H groups in total. The summed E-state index contributed by atoms with van der Waals surface area (Å²) in [6, 6.07) is 9.59. The van der Waals surface area contributed by atoms with Crippen LogP contribution in [0.25, 0.3) is 0 Å². The predicted molar refractivity (Wildman–Crippen MR) is 94.8 cm³/mol. The number of esters is 1. The van der Waals surface area contributed by atoms with Crippen molar-refractivity contribution in [1.29, 1.82) is 0 Å². The van der Waals surface area contributed by atoms with Crippen LogP contribution in [0.5, 0.6) is 0 Å². The van der Waals surface area contributed by atoms with E-state index in [2.05, 4.69) is 39.5 Å². The predicted octanol–water partition coefficient (Wildman–Crippen LogP) is 5.22. The highest BCUT2D eigenvalue weighted by Gasteiger charge is 2.30. The third kappa shape index (κ3) is 4.95. The molecule has 2 heteroatoms. The summed E-state index contributed by atoms with van der Waals surface area (Å²) in [5.74, 6) is 0.488. The Bertz CT molecular complexity index is 621. The summed E-state index contributed by atoms with van der Waals surface area (Å²) < 4.78 is 5.31. The molecular formula is C21H26O2. The maximum absolute atomic E-state index is 11.9. The van der Waals surface area contributed by atoms with E-state index in [-0.39, 0.29) is 17.8 Å². The number of hydrogen-bond acceptors (Lipinski definition) is 2. The van der Waals surface area contributed by atoms with Crippen molar-refractivity contribution in [1.82, 2.24) is 0 Å². The SMILES string of the molecule is C=C(C=CC1C(C)=CCCC1(C)C)OC(=O)Cc1ccccc1. The van der Waals surface area contributed by atoms with Crippen LogP contribution in [0.4, 0.5) is 0 Å². The number of ether oxygens (including phenoxy) is 1. The van der Waals surface area contributed by atoms with E-state index in [1.807, 2.05) is 36.4 Å². The summed E-state index contributed by atoms with van der Waals surface area (Å²) >= 11 is 0. The zero-order chi connectivity index (χ0) is 16.9. The molecule has 0 bridgehead atoms. The van der Waals surface area contributed by atoms with E-state index in [1.54, 1.807) is 0 Å². The first-order chi connectivity index (χ1) is 10.9. The molecule has 1 aliphatic carbocycles. The molecule has 0 spiro atoms. The van der Waals surface area contributed by atoms with Crippen molar-refractivity contribution in [3.63, 3.8) is 0 Å². The lowest BCUT2D eigenvalue weighted by atomic mass is 9.68. The molecule has 0 aromatic heterocycles. The summed E-state index contributed by atoms with van der Waals surface area (Å²) in [5.41, 5.74) is 2.55. The molecule has 1 aromatic rings. The Labute approximate surface area is 139 Å². The molecule has 23 heavy (non-hydrogen) atoms. The molecule has 2 nitrogen and oxygen atoms in total. The minimum Gasteiger partial charge on any atom is -0.427 e. The van der Waals surface area contributed by atoms with Gasteiger partial charge in [0.05, 0.1) is 6.42 Å². The standard InChI is InChI=1S/C21H26O2/c1-16-9-8-14-21(3,4)19(16)13-12-17(2)23-20(22)15-18-10-6-5-7-11-18/h5-7,9-13,19H,2,8,14-15H2,1,3-4H3. The molecule has 0 radical (unpaired) electrons. The van der Waals surface area contributed by atoms with Crippen molar-refractivity contribution in [2.24, 2.45) is 11.3 Å². The van der Waals surface area contributed by atoms with Crippen LogP contribution in [0.1, 0.15) is 39.2 Å². The van der Waals surface area contributed by atoms with Crippen LogP contribution >= 0.6 is 0 Å². The Morgan fingerprint density at radius 2 is 2.04 bits per heavy atom. The Morgan fingerprint density at radius 3 is 2.70 bits per heavy atom. The second-order valence-electron chi connectivity index (χ2n) is 6.91. The smallest absolute Gasteiger partial charge is 0.315 e. The number of hydrogen-bond donors (Lipinski definition) is 0. The number of rotatable bonds is 5. The van der Waals surface area contributed by atoms with Gasteiger partial charge in [-0.15, -0.1) is 0 Å². The first kappa shape index (κ1) is 17.3. The summed E-state index contributed by atoms with van der Waals surface area (Å²) in [6.45, 7) is 10.6. The van der Waals surface area contributed by atoms with Crippen molar-refractivity contribution in [2.75, 3.05) is 0 Å². The van der Waals surface area contributed by atoms with Crippen LogP contribution in [-0.4, -0.2) is 5.97 Å². The van der Waals surface area contributed by atoms with E-state index in [0.717, 1.165) is 12.0 Å². The van der Waals surface area contributed by atoms with Gasteiger partial charge >= 0.3 is 5.97 Å². The van der Waals surface area contributed by atoms with E-state index >= 15 is 0 Å². The molecule has 0 aliphatic heterocycles. The minimum atomic E-state index is -0.277. The molecule has 0 saturated carbocycles. The average Bonchev–Trinajstić information content (AvgIpc) is 2.46. The fraction of sp³-hybridized carbons (Fsp3) is 0.381. The second kappa shape index (κ2) is 7.45. The largest absolute Gasteiger partial charge is 0.427 e. The van der Waals surface area contributed by atoms with Gasteiger partial charge in [0.1, 0.15) is 5.76 Å². The van der Waals surface area contributed by atoms with Gasteiger partial charge < -0.3 is 4.74 Å². The summed E-state index contributed by atoms with van der Waals surface area (Å²) in [4.78, 5) is 11.9. The van der Waals surface area contributed by atoms with Crippen molar-refractivity contribution in [2.45, 2.75) is 40.0 Å². The highest BCUT2D eigenvalue weighted by atomic mass is 16.5. The third-order valence-electron chi connectivity index (χ3n) is 4.50. The third-order valence-corrected chi connectivity index (χ3v) is 4.50. The lowest BCUT2D eigenvalue weighted by Gasteiger charge is -2.36. The highest BCUT2D eigenvalue weighted by Crippen LogP contribution is 2.41. The highest BCUT2D eigenvalue weighted by molar-refractivity contribution is 5.73. The maximum Gasteiger partial charge on any atom is 0.315 e. The quantitative estimate of drug-likeness (QED) is 0.322. The first-order valence-electron chi connectivity index (χ1n) is 8.17. The number of carbonyl (C=O) groups excluding carboxylic acids is 1. The normalized spacial score (nSPS) is 20.1. The van der Waals surface area contributed by atoms with Gasteiger partial charge in [-0.3, -0.25) is 4.79 Å². The van der Waals surface area contributed by atoms with Crippen LogP contribution in [-0.2, 0) is 16.0 Å². The van der Waals surface area contributed by atoms with E-state index in [1.165, 1.54) is 12.0 Å². The monoisotopic (exact) mass is 310 g/mol. The van der Waals surface area contributed by atoms with Gasteiger partial charge in [0.25, 0.3) is 0 Å². The molecule has 0 fully saturated rings. The summed E-state index contributed by atoms with van der Waals surface area (Å²) in [5, 5.41) is 0. The fourth-order valence-corrected chi connectivity index (χ4v) is 3.17. The van der Waals surface area contributed by atoms with Crippen LogP contribution in [0.2, 0.25) is 0 Å². The van der Waals surface area contributed by atoms with Crippen molar-refractivity contribution < 1.29 is 9.53 Å². The zero-order valence-corrected chi connectivity index (χ0v) is 14.3. The topological polar surface area (TPSA) is 26.3 Å². The van der Waals surface area contributed by atoms with Crippen molar-refractivity contribution in [3.05, 3.63) is 72.0 Å². The van der Waals surface area contributed by atoms with Crippen molar-refractivity contribution in [3.8, 4) is 0 Å². The van der Waals surface area contributed by atoms with E-state index in [4.69, 9.17) is 4.74 Å². The number of carbonyl (C=O) groups is 1. The molecule has 2 rings (SSSR count). The van der Waals surface area contributed by atoms with Gasteiger partial charge in [-0.25, -0.2) is 0 Å². The Balaban J connectivity index is 1.92. The fourth-order valence-electron chi connectivity index (χ4n) is 3.17. The van der Waals surface area contributed by atoms with E-state index < -0.39 is 0 Å². The number of allylic oxidation sites excluding steroid dienone is 4. The summed E-state index contributed by atoms with van der Waals surface area (Å²) in [6.07, 6.45) is 8.81. The summed E-state index contributed by atoms with van der Waals surface area (Å²) in [7, 11) is 0. The van der Waals surface area contributed by atoms with Gasteiger partial charge in [-0.2, -0.15) is 0 Å². The van der Waals surface area contributed by atoms with Gasteiger partial charge in [-0.1, -0.05) is 68.5 Å². The molecule has 0 amide bonds. The zero-order valence-electron chi connectivity index (χ0n) is 14.3. The van der Waals surface area contributed by atoms with Gasteiger partial charge in [0.15, 0.2) is 0 Å². The van der Waals surface area contributed by atoms with E-state index in [9.17, 15) is 4.79 Å². The maximum atomic E-state index is 11.9. The van der Waals surface area contributed by atoms with Crippen molar-refractivity contribution >= 4 is 5.97 Å². The Hall–Kier alpha value is -2.09. The molecule has 1 unspecified atom stereocenters. The molecular weight excluding hydrogens is 284 g/mol.